The zero-order chi connectivity index (χ0) is 27.0. The van der Waals surface area contributed by atoms with Crippen LogP contribution in [-0.4, -0.2) is 42.8 Å². The molecular weight excluding hydrogens is 498 g/mol. The van der Waals surface area contributed by atoms with Gasteiger partial charge in [0.15, 0.2) is 24.2 Å². The van der Waals surface area contributed by atoms with Crippen LogP contribution in [0, 0.1) is 0 Å². The Bertz CT molecular complexity index is 1460. The van der Waals surface area contributed by atoms with Gasteiger partial charge in [-0.05, 0) is 65.2 Å². The number of carbonyl (C=O) groups is 2. The minimum absolute atomic E-state index is 0.0464. The molecule has 5 rings (SSSR count). The number of carbonyl (C=O) groups excluding carboxylic acids is 2. The summed E-state index contributed by atoms with van der Waals surface area (Å²) in [7, 11) is 0. The number of rotatable bonds is 9. The maximum absolute atomic E-state index is 12.8. The Labute approximate surface area is 225 Å². The van der Waals surface area contributed by atoms with Crippen molar-refractivity contribution in [1.29, 1.82) is 0 Å². The van der Waals surface area contributed by atoms with E-state index >= 15 is 0 Å². The number of amides is 1. The number of anilines is 1. The molecule has 0 saturated heterocycles. The van der Waals surface area contributed by atoms with Crippen molar-refractivity contribution in [3.8, 4) is 28.4 Å². The van der Waals surface area contributed by atoms with Gasteiger partial charge in [0.05, 0.1) is 0 Å². The second-order valence-electron chi connectivity index (χ2n) is 8.76. The summed E-state index contributed by atoms with van der Waals surface area (Å²) >= 11 is 0. The Morgan fingerprint density at radius 2 is 1.79 bits per heavy atom. The molecule has 0 spiro atoms. The summed E-state index contributed by atoms with van der Waals surface area (Å²) in [6, 6.07) is 23.4. The van der Waals surface area contributed by atoms with E-state index < -0.39 is 12.1 Å². The standard InChI is InChI=1S/C30H27N3O6/c31-16-22-9-8-21(30(35)33-23-10-12-32-13-11-23)15-26(22)20-4-3-5-24(14-20)36-19-29(34)38-18-25-17-37-27-6-1-2-7-28(27)39-25/h1-15,25H,16-19,31H2,(H,32,33,35). The molecule has 3 aromatic carbocycles. The van der Waals surface area contributed by atoms with Gasteiger partial charge in [0.25, 0.3) is 5.91 Å². The number of nitrogens with one attached hydrogen (secondary N) is 1. The number of benzene rings is 3. The Morgan fingerprint density at radius 3 is 2.62 bits per heavy atom. The molecular formula is C30H27N3O6. The number of esters is 1. The first-order chi connectivity index (χ1) is 19.1. The lowest BCUT2D eigenvalue weighted by Crippen LogP contribution is -2.34. The maximum atomic E-state index is 12.8. The zero-order valence-electron chi connectivity index (χ0n) is 21.0. The topological polar surface area (TPSA) is 122 Å². The van der Waals surface area contributed by atoms with Crippen LogP contribution in [0.2, 0.25) is 0 Å². The third-order valence-corrected chi connectivity index (χ3v) is 6.03. The molecule has 9 heteroatoms. The molecule has 2 heterocycles. The fraction of sp³-hybridized carbons (Fsp3) is 0.167. The van der Waals surface area contributed by atoms with E-state index in [0.717, 1.165) is 16.7 Å². The lowest BCUT2D eigenvalue weighted by Gasteiger charge is -2.26. The van der Waals surface area contributed by atoms with E-state index in [9.17, 15) is 9.59 Å². The minimum atomic E-state index is -0.528. The molecule has 1 aliphatic heterocycles. The van der Waals surface area contributed by atoms with Crippen LogP contribution in [0.5, 0.6) is 17.2 Å². The second-order valence-corrected chi connectivity index (χ2v) is 8.76. The van der Waals surface area contributed by atoms with E-state index in [1.807, 2.05) is 36.4 Å². The highest BCUT2D eigenvalue weighted by Gasteiger charge is 2.22. The van der Waals surface area contributed by atoms with Crippen LogP contribution in [0.4, 0.5) is 5.69 Å². The van der Waals surface area contributed by atoms with Crippen LogP contribution in [0.3, 0.4) is 0 Å². The Hall–Kier alpha value is -4.89. The van der Waals surface area contributed by atoms with E-state index in [4.69, 9.17) is 24.7 Å². The fourth-order valence-corrected chi connectivity index (χ4v) is 4.07. The third kappa shape index (κ3) is 6.52. The molecule has 0 aliphatic carbocycles. The molecule has 0 fully saturated rings. The van der Waals surface area contributed by atoms with Gasteiger partial charge < -0.3 is 30.0 Å². The van der Waals surface area contributed by atoms with Crippen LogP contribution in [0.1, 0.15) is 15.9 Å². The average molecular weight is 526 g/mol. The normalized spacial score (nSPS) is 13.8. The van der Waals surface area contributed by atoms with Gasteiger partial charge in [0, 0.05) is 30.2 Å². The van der Waals surface area contributed by atoms with E-state index in [2.05, 4.69) is 10.3 Å². The van der Waals surface area contributed by atoms with Gasteiger partial charge in [-0.3, -0.25) is 9.78 Å². The number of hydrogen-bond acceptors (Lipinski definition) is 8. The molecule has 1 aliphatic rings. The SMILES string of the molecule is NCc1ccc(C(=O)Nc2ccncc2)cc1-c1cccc(OCC(=O)OCC2COc3ccccc3O2)c1. The molecule has 1 unspecified atom stereocenters. The number of pyridine rings is 1. The smallest absolute Gasteiger partial charge is 0.344 e. The van der Waals surface area contributed by atoms with Crippen molar-refractivity contribution in [2.45, 2.75) is 12.6 Å². The molecule has 1 amide bonds. The van der Waals surface area contributed by atoms with E-state index in [1.165, 1.54) is 0 Å². The third-order valence-electron chi connectivity index (χ3n) is 6.03. The molecule has 1 atom stereocenters. The number of nitrogens with zero attached hydrogens (tertiary/aromatic N) is 1. The van der Waals surface area contributed by atoms with Crippen molar-refractivity contribution < 1.29 is 28.5 Å². The molecule has 1 aromatic heterocycles. The maximum Gasteiger partial charge on any atom is 0.344 e. The summed E-state index contributed by atoms with van der Waals surface area (Å²) in [5.41, 5.74) is 9.56. The number of fused-ring (bicyclic) bond motifs is 1. The number of nitrogens with two attached hydrogens (primary N) is 1. The van der Waals surface area contributed by atoms with Gasteiger partial charge in [0.1, 0.15) is 19.0 Å². The largest absolute Gasteiger partial charge is 0.486 e. The number of para-hydroxylation sites is 2. The predicted molar refractivity (Wildman–Crippen MR) is 145 cm³/mol. The van der Waals surface area contributed by atoms with Crippen LogP contribution in [0.25, 0.3) is 11.1 Å². The first-order valence-electron chi connectivity index (χ1n) is 12.4. The van der Waals surface area contributed by atoms with Crippen LogP contribution in [-0.2, 0) is 16.1 Å². The van der Waals surface area contributed by atoms with Crippen molar-refractivity contribution in [2.75, 3.05) is 25.1 Å². The van der Waals surface area contributed by atoms with Crippen molar-refractivity contribution in [2.24, 2.45) is 5.73 Å². The van der Waals surface area contributed by atoms with Gasteiger partial charge in [-0.25, -0.2) is 4.79 Å². The van der Waals surface area contributed by atoms with Crippen LogP contribution in [0.15, 0.2) is 91.3 Å². The Balaban J connectivity index is 1.20. The van der Waals surface area contributed by atoms with Crippen molar-refractivity contribution in [3.05, 3.63) is 102 Å². The summed E-state index contributed by atoms with van der Waals surface area (Å²) < 4.78 is 22.5. The zero-order valence-corrected chi connectivity index (χ0v) is 21.0. The van der Waals surface area contributed by atoms with Crippen LogP contribution >= 0.6 is 0 Å². The van der Waals surface area contributed by atoms with Gasteiger partial charge in [0.2, 0.25) is 0 Å². The number of aromatic nitrogens is 1. The second kappa shape index (κ2) is 12.1. The molecule has 0 bridgehead atoms. The van der Waals surface area contributed by atoms with Crippen LogP contribution < -0.4 is 25.3 Å². The molecule has 198 valence electrons. The summed E-state index contributed by atoms with van der Waals surface area (Å²) in [4.78, 5) is 29.1. The van der Waals surface area contributed by atoms with Crippen molar-refractivity contribution >= 4 is 17.6 Å². The number of ether oxygens (including phenoxy) is 4. The van der Waals surface area contributed by atoms with Gasteiger partial charge >= 0.3 is 5.97 Å². The van der Waals surface area contributed by atoms with Gasteiger partial charge in [-0.15, -0.1) is 0 Å². The lowest BCUT2D eigenvalue weighted by atomic mass is 9.96. The molecule has 9 nitrogen and oxygen atoms in total. The monoisotopic (exact) mass is 525 g/mol. The van der Waals surface area contributed by atoms with Crippen molar-refractivity contribution in [1.82, 2.24) is 4.98 Å². The summed E-state index contributed by atoms with van der Waals surface area (Å²) in [6.45, 7) is 0.350. The van der Waals surface area contributed by atoms with Gasteiger partial charge in [-0.1, -0.05) is 30.3 Å². The van der Waals surface area contributed by atoms with E-state index in [1.54, 1.807) is 54.9 Å². The molecule has 4 aromatic rings. The first-order valence-corrected chi connectivity index (χ1v) is 12.4. The Kier molecular flexibility index (Phi) is 7.99. The lowest BCUT2D eigenvalue weighted by molar-refractivity contribution is -0.149. The fourth-order valence-electron chi connectivity index (χ4n) is 4.07. The summed E-state index contributed by atoms with van der Waals surface area (Å²) in [5, 5.41) is 2.86. The average Bonchev–Trinajstić information content (AvgIpc) is 2.99. The summed E-state index contributed by atoms with van der Waals surface area (Å²) in [6.07, 6.45) is 2.82. The Morgan fingerprint density at radius 1 is 0.974 bits per heavy atom. The summed E-state index contributed by atoms with van der Waals surface area (Å²) in [5.74, 6) is 0.983. The minimum Gasteiger partial charge on any atom is -0.486 e. The predicted octanol–water partition coefficient (Wildman–Crippen LogP) is 4.22. The number of hydrogen-bond donors (Lipinski definition) is 2. The van der Waals surface area contributed by atoms with Crippen molar-refractivity contribution in [3.63, 3.8) is 0 Å². The molecule has 39 heavy (non-hydrogen) atoms. The molecule has 3 N–H and O–H groups in total. The highest BCUT2D eigenvalue weighted by atomic mass is 16.6. The van der Waals surface area contributed by atoms with Gasteiger partial charge in [-0.2, -0.15) is 0 Å². The van der Waals surface area contributed by atoms with E-state index in [0.29, 0.717) is 28.5 Å². The van der Waals surface area contributed by atoms with E-state index in [-0.39, 0.29) is 32.3 Å². The highest BCUT2D eigenvalue weighted by Crippen LogP contribution is 2.31. The highest BCUT2D eigenvalue weighted by molar-refractivity contribution is 6.05. The molecule has 0 saturated carbocycles. The molecule has 0 radical (unpaired) electrons. The quantitative estimate of drug-likeness (QED) is 0.312. The first kappa shape index (κ1) is 25.7.